The van der Waals surface area contributed by atoms with Crippen LogP contribution < -0.4 is 16.0 Å². The number of pyridine rings is 1. The standard InChI is InChI=1S/C26H29ClFN5O/c27-18-6-11-21-22(16-18)31-24(17-4-2-1-3-5-17)23(29)25(21)32-12-14-33(15-13-32)26(34)30-20-9-7-19(28)8-10-20/h6-11,16-17H,1-5,12-15,29H2,(H,30,34). The fourth-order valence-corrected chi connectivity index (χ4v) is 5.32. The van der Waals surface area contributed by atoms with Crippen molar-refractivity contribution in [3.8, 4) is 0 Å². The predicted octanol–water partition coefficient (Wildman–Crippen LogP) is 6.01. The SMILES string of the molecule is Nc1c(C2CCCCC2)nc2cc(Cl)ccc2c1N1CCN(C(=O)Nc2ccc(F)cc2)CC1. The van der Waals surface area contributed by atoms with E-state index in [1.807, 2.05) is 18.2 Å². The molecule has 0 spiro atoms. The van der Waals surface area contributed by atoms with Crippen molar-refractivity contribution in [3.63, 3.8) is 0 Å². The van der Waals surface area contributed by atoms with Crippen molar-refractivity contribution in [2.45, 2.75) is 38.0 Å². The Morgan fingerprint density at radius 1 is 1.03 bits per heavy atom. The smallest absolute Gasteiger partial charge is 0.321 e. The molecular formula is C26H29ClFN5O. The van der Waals surface area contributed by atoms with Crippen LogP contribution in [0.1, 0.15) is 43.7 Å². The zero-order valence-electron chi connectivity index (χ0n) is 19.1. The maximum atomic E-state index is 13.1. The number of carbonyl (C=O) groups is 1. The van der Waals surface area contributed by atoms with Gasteiger partial charge in [-0.3, -0.25) is 4.98 Å². The van der Waals surface area contributed by atoms with Gasteiger partial charge in [0.25, 0.3) is 0 Å². The van der Waals surface area contributed by atoms with E-state index in [0.717, 1.165) is 40.8 Å². The van der Waals surface area contributed by atoms with Gasteiger partial charge in [0.05, 0.1) is 22.6 Å². The molecule has 2 aliphatic rings. The first-order chi connectivity index (χ1) is 16.5. The first-order valence-electron chi connectivity index (χ1n) is 11.9. The summed E-state index contributed by atoms with van der Waals surface area (Å²) >= 11 is 6.31. The van der Waals surface area contributed by atoms with Crippen molar-refractivity contribution < 1.29 is 9.18 Å². The van der Waals surface area contributed by atoms with Gasteiger partial charge in [0.1, 0.15) is 5.82 Å². The number of piperazine rings is 1. The number of nitrogens with zero attached hydrogens (tertiary/aromatic N) is 3. The lowest BCUT2D eigenvalue weighted by atomic mass is 9.85. The molecule has 2 aromatic carbocycles. The van der Waals surface area contributed by atoms with Gasteiger partial charge in [-0.05, 0) is 55.3 Å². The Morgan fingerprint density at radius 3 is 2.44 bits per heavy atom. The number of nitrogen functional groups attached to an aromatic ring is 1. The summed E-state index contributed by atoms with van der Waals surface area (Å²) in [6, 6.07) is 11.4. The highest BCUT2D eigenvalue weighted by Crippen LogP contribution is 2.42. The zero-order valence-corrected chi connectivity index (χ0v) is 19.8. The van der Waals surface area contributed by atoms with Gasteiger partial charge in [0.15, 0.2) is 0 Å². The Balaban J connectivity index is 1.38. The number of hydrogen-bond donors (Lipinski definition) is 2. The van der Waals surface area contributed by atoms with Crippen LogP contribution in [0.25, 0.3) is 10.9 Å². The van der Waals surface area contributed by atoms with Gasteiger partial charge in [-0.25, -0.2) is 9.18 Å². The highest BCUT2D eigenvalue weighted by molar-refractivity contribution is 6.31. The fraction of sp³-hybridized carbons (Fsp3) is 0.385. The Bertz CT molecular complexity index is 1190. The Kier molecular flexibility index (Phi) is 6.46. The Morgan fingerprint density at radius 2 is 1.74 bits per heavy atom. The molecule has 178 valence electrons. The summed E-state index contributed by atoms with van der Waals surface area (Å²) in [6.07, 6.45) is 5.90. The van der Waals surface area contributed by atoms with Gasteiger partial charge in [0, 0.05) is 48.2 Å². The molecular weight excluding hydrogens is 453 g/mol. The van der Waals surface area contributed by atoms with Crippen LogP contribution in [0.5, 0.6) is 0 Å². The number of anilines is 3. The normalized spacial score (nSPS) is 17.2. The van der Waals surface area contributed by atoms with Crippen LogP contribution in [0.3, 0.4) is 0 Å². The molecule has 0 radical (unpaired) electrons. The molecule has 5 rings (SSSR count). The van der Waals surface area contributed by atoms with Crippen LogP contribution in [-0.4, -0.2) is 42.1 Å². The van der Waals surface area contributed by atoms with Crippen molar-refractivity contribution in [3.05, 3.63) is 59.0 Å². The number of nitrogens with two attached hydrogens (primary N) is 1. The predicted molar refractivity (Wildman–Crippen MR) is 136 cm³/mol. The molecule has 1 aliphatic heterocycles. The third-order valence-corrected chi connectivity index (χ3v) is 7.19. The molecule has 1 saturated heterocycles. The van der Waals surface area contributed by atoms with E-state index in [1.165, 1.54) is 31.4 Å². The van der Waals surface area contributed by atoms with E-state index in [4.69, 9.17) is 22.3 Å². The average Bonchev–Trinajstić information content (AvgIpc) is 2.86. The van der Waals surface area contributed by atoms with Crippen molar-refractivity contribution in [1.29, 1.82) is 0 Å². The van der Waals surface area contributed by atoms with Gasteiger partial charge in [-0.1, -0.05) is 30.9 Å². The number of nitrogens with one attached hydrogen (secondary N) is 1. The van der Waals surface area contributed by atoms with Gasteiger partial charge >= 0.3 is 6.03 Å². The average molecular weight is 482 g/mol. The monoisotopic (exact) mass is 481 g/mol. The number of urea groups is 1. The highest BCUT2D eigenvalue weighted by atomic mass is 35.5. The summed E-state index contributed by atoms with van der Waals surface area (Å²) in [5.74, 6) is 0.0429. The lowest BCUT2D eigenvalue weighted by molar-refractivity contribution is 0.208. The molecule has 3 N–H and O–H groups in total. The lowest BCUT2D eigenvalue weighted by Gasteiger charge is -2.37. The molecule has 6 nitrogen and oxygen atoms in total. The van der Waals surface area contributed by atoms with Gasteiger partial charge in [-0.15, -0.1) is 0 Å². The quantitative estimate of drug-likeness (QED) is 0.480. The summed E-state index contributed by atoms with van der Waals surface area (Å²) in [7, 11) is 0. The summed E-state index contributed by atoms with van der Waals surface area (Å²) in [5, 5.41) is 4.50. The third kappa shape index (κ3) is 4.62. The minimum Gasteiger partial charge on any atom is -0.396 e. The molecule has 8 heteroatoms. The number of hydrogen-bond acceptors (Lipinski definition) is 4. The van der Waals surface area contributed by atoms with E-state index < -0.39 is 0 Å². The number of rotatable bonds is 3. The fourth-order valence-electron chi connectivity index (χ4n) is 5.15. The molecule has 1 saturated carbocycles. The van der Waals surface area contributed by atoms with Crippen LogP contribution >= 0.6 is 11.6 Å². The van der Waals surface area contributed by atoms with E-state index in [1.54, 1.807) is 17.0 Å². The van der Waals surface area contributed by atoms with Crippen LogP contribution in [0, 0.1) is 5.82 Å². The van der Waals surface area contributed by atoms with E-state index >= 15 is 0 Å². The molecule has 34 heavy (non-hydrogen) atoms. The van der Waals surface area contributed by atoms with Gasteiger partial charge in [0.2, 0.25) is 0 Å². The van der Waals surface area contributed by atoms with Crippen LogP contribution in [0.15, 0.2) is 42.5 Å². The van der Waals surface area contributed by atoms with Crippen LogP contribution in [0.4, 0.5) is 26.2 Å². The number of aromatic nitrogens is 1. The largest absolute Gasteiger partial charge is 0.396 e. The van der Waals surface area contributed by atoms with Gasteiger partial charge < -0.3 is 20.9 Å². The van der Waals surface area contributed by atoms with Crippen molar-refractivity contribution >= 4 is 45.6 Å². The molecule has 2 fully saturated rings. The van der Waals surface area contributed by atoms with E-state index in [9.17, 15) is 9.18 Å². The highest BCUT2D eigenvalue weighted by Gasteiger charge is 2.28. The second kappa shape index (κ2) is 9.66. The minimum absolute atomic E-state index is 0.187. The van der Waals surface area contributed by atoms with Crippen molar-refractivity contribution in [2.75, 3.05) is 42.1 Å². The molecule has 3 aromatic rings. The van der Waals surface area contributed by atoms with E-state index in [-0.39, 0.29) is 11.8 Å². The number of fused-ring (bicyclic) bond motifs is 1. The Labute approximate surface area is 203 Å². The molecule has 2 heterocycles. The van der Waals surface area contributed by atoms with Gasteiger partial charge in [-0.2, -0.15) is 0 Å². The third-order valence-electron chi connectivity index (χ3n) is 6.96. The molecule has 0 bridgehead atoms. The number of halogens is 2. The van der Waals surface area contributed by atoms with E-state index in [2.05, 4.69) is 10.2 Å². The first-order valence-corrected chi connectivity index (χ1v) is 12.3. The zero-order chi connectivity index (χ0) is 23.7. The molecule has 2 amide bonds. The molecule has 1 aliphatic carbocycles. The van der Waals surface area contributed by atoms with Crippen molar-refractivity contribution in [1.82, 2.24) is 9.88 Å². The summed E-state index contributed by atoms with van der Waals surface area (Å²) in [5.41, 5.74) is 11.0. The number of benzene rings is 2. The topological polar surface area (TPSA) is 74.5 Å². The molecule has 1 aromatic heterocycles. The number of carbonyl (C=O) groups excluding carboxylic acids is 1. The maximum absolute atomic E-state index is 13.1. The first kappa shape index (κ1) is 22.7. The van der Waals surface area contributed by atoms with Crippen LogP contribution in [-0.2, 0) is 0 Å². The van der Waals surface area contributed by atoms with E-state index in [0.29, 0.717) is 42.8 Å². The summed E-state index contributed by atoms with van der Waals surface area (Å²) in [4.78, 5) is 21.7. The lowest BCUT2D eigenvalue weighted by Crippen LogP contribution is -2.50. The Hall–Kier alpha value is -3.06. The maximum Gasteiger partial charge on any atom is 0.321 e. The van der Waals surface area contributed by atoms with Crippen molar-refractivity contribution in [2.24, 2.45) is 0 Å². The van der Waals surface area contributed by atoms with Crippen LogP contribution in [0.2, 0.25) is 5.02 Å². The summed E-state index contributed by atoms with van der Waals surface area (Å²) in [6.45, 7) is 2.44. The minimum atomic E-state index is -0.331. The summed E-state index contributed by atoms with van der Waals surface area (Å²) < 4.78 is 13.1. The molecule has 0 unspecified atom stereocenters. The second-order valence-electron chi connectivity index (χ2n) is 9.17. The molecule has 0 atom stereocenters. The number of amides is 2. The second-order valence-corrected chi connectivity index (χ2v) is 9.60.